The van der Waals surface area contributed by atoms with Crippen molar-refractivity contribution in [2.75, 3.05) is 6.54 Å². The van der Waals surface area contributed by atoms with Crippen LogP contribution >= 0.6 is 0 Å². The molecule has 0 radical (unpaired) electrons. The molecule has 0 aliphatic carbocycles. The Morgan fingerprint density at radius 2 is 1.81 bits per heavy atom. The number of nitriles is 1. The molecule has 7 heteroatoms. The summed E-state index contributed by atoms with van der Waals surface area (Å²) in [6.45, 7) is 5.49. The van der Waals surface area contributed by atoms with Gasteiger partial charge in [0.25, 0.3) is 0 Å². The van der Waals surface area contributed by atoms with Gasteiger partial charge in [0.15, 0.2) is 0 Å². The second-order valence-electron chi connectivity index (χ2n) is 6.44. The average molecular weight is 385 g/mol. The van der Waals surface area contributed by atoms with Crippen LogP contribution in [0.25, 0.3) is 0 Å². The van der Waals surface area contributed by atoms with Crippen molar-refractivity contribution in [1.29, 1.82) is 5.26 Å². The lowest BCUT2D eigenvalue weighted by atomic mass is 10.1. The van der Waals surface area contributed by atoms with Gasteiger partial charge < -0.3 is 5.32 Å². The Labute approximate surface area is 160 Å². The number of hydrogen-bond acceptors (Lipinski definition) is 4. The zero-order valence-corrected chi connectivity index (χ0v) is 16.4. The van der Waals surface area contributed by atoms with Gasteiger partial charge >= 0.3 is 0 Å². The maximum atomic E-state index is 12.4. The molecular formula is C20H23N3O3S. The highest BCUT2D eigenvalue weighted by Gasteiger charge is 2.17. The van der Waals surface area contributed by atoms with Crippen LogP contribution in [-0.2, 0) is 14.8 Å². The molecule has 1 amide bonds. The molecule has 0 saturated heterocycles. The predicted molar refractivity (Wildman–Crippen MR) is 103 cm³/mol. The highest BCUT2D eigenvalue weighted by atomic mass is 32.2. The fraction of sp³-hybridized carbons (Fsp3) is 0.300. The zero-order valence-electron chi connectivity index (χ0n) is 15.6. The number of aryl methyl sites for hydroxylation is 2. The number of hydrogen-bond donors (Lipinski definition) is 2. The largest absolute Gasteiger partial charge is 0.350 e. The number of benzene rings is 2. The molecule has 0 aromatic heterocycles. The Morgan fingerprint density at radius 3 is 2.41 bits per heavy atom. The van der Waals surface area contributed by atoms with Gasteiger partial charge in [0.1, 0.15) is 0 Å². The van der Waals surface area contributed by atoms with E-state index in [2.05, 4.69) is 10.0 Å². The molecule has 2 N–H and O–H groups in total. The van der Waals surface area contributed by atoms with Crippen LogP contribution in [0.1, 0.15) is 41.6 Å². The lowest BCUT2D eigenvalue weighted by molar-refractivity contribution is -0.121. The third-order valence-electron chi connectivity index (χ3n) is 4.18. The van der Waals surface area contributed by atoms with Crippen molar-refractivity contribution in [3.63, 3.8) is 0 Å². The van der Waals surface area contributed by atoms with Crippen LogP contribution in [0.2, 0.25) is 0 Å². The third-order valence-corrected chi connectivity index (χ3v) is 5.80. The summed E-state index contributed by atoms with van der Waals surface area (Å²) >= 11 is 0. The molecule has 6 nitrogen and oxygen atoms in total. The third kappa shape index (κ3) is 5.64. The van der Waals surface area contributed by atoms with Crippen molar-refractivity contribution in [3.8, 4) is 6.07 Å². The number of rotatable bonds is 7. The summed E-state index contributed by atoms with van der Waals surface area (Å²) in [4.78, 5) is 12.3. The standard InChI is InChI=1S/C20H23N3O3S/c1-14-4-9-19(15(2)12-14)27(25,26)22-11-10-20(24)23-16(3)18-7-5-17(13-21)6-8-18/h4-9,12,16,22H,10-11H2,1-3H3,(H,23,24). The first-order chi connectivity index (χ1) is 12.7. The summed E-state index contributed by atoms with van der Waals surface area (Å²) in [6, 6.07) is 13.9. The van der Waals surface area contributed by atoms with E-state index in [0.717, 1.165) is 11.1 Å². The zero-order chi connectivity index (χ0) is 20.0. The summed E-state index contributed by atoms with van der Waals surface area (Å²) in [7, 11) is -3.65. The van der Waals surface area contributed by atoms with Crippen molar-refractivity contribution in [1.82, 2.24) is 10.0 Å². The van der Waals surface area contributed by atoms with E-state index in [9.17, 15) is 13.2 Å². The number of sulfonamides is 1. The van der Waals surface area contributed by atoms with Crippen LogP contribution in [0.4, 0.5) is 0 Å². The van der Waals surface area contributed by atoms with Crippen molar-refractivity contribution >= 4 is 15.9 Å². The van der Waals surface area contributed by atoms with E-state index < -0.39 is 10.0 Å². The average Bonchev–Trinajstić information content (AvgIpc) is 2.61. The first-order valence-electron chi connectivity index (χ1n) is 8.59. The molecule has 0 fully saturated rings. The monoisotopic (exact) mass is 385 g/mol. The lowest BCUT2D eigenvalue weighted by Gasteiger charge is -2.15. The Balaban J connectivity index is 1.88. The minimum absolute atomic E-state index is 0.0154. The van der Waals surface area contributed by atoms with Gasteiger partial charge in [-0.3, -0.25) is 4.79 Å². The molecule has 0 spiro atoms. The predicted octanol–water partition coefficient (Wildman–Crippen LogP) is 2.72. The molecule has 27 heavy (non-hydrogen) atoms. The van der Waals surface area contributed by atoms with Gasteiger partial charge in [0.05, 0.1) is 22.6 Å². The van der Waals surface area contributed by atoms with Gasteiger partial charge in [-0.1, -0.05) is 29.8 Å². The van der Waals surface area contributed by atoms with Gasteiger partial charge in [-0.2, -0.15) is 5.26 Å². The SMILES string of the molecule is Cc1ccc(S(=O)(=O)NCCC(=O)NC(C)c2ccc(C#N)cc2)c(C)c1. The van der Waals surface area contributed by atoms with E-state index in [1.807, 2.05) is 19.9 Å². The van der Waals surface area contributed by atoms with Gasteiger partial charge in [0, 0.05) is 13.0 Å². The number of nitrogens with one attached hydrogen (secondary N) is 2. The molecular weight excluding hydrogens is 362 g/mol. The first kappa shape index (κ1) is 20.6. The van der Waals surface area contributed by atoms with E-state index in [1.54, 1.807) is 49.4 Å². The van der Waals surface area contributed by atoms with Gasteiger partial charge in [-0.05, 0) is 50.1 Å². The fourth-order valence-corrected chi connectivity index (χ4v) is 3.98. The Bertz CT molecular complexity index is 961. The second-order valence-corrected chi connectivity index (χ2v) is 8.18. The van der Waals surface area contributed by atoms with Crippen LogP contribution in [-0.4, -0.2) is 20.9 Å². The van der Waals surface area contributed by atoms with Gasteiger partial charge in [-0.15, -0.1) is 0 Å². The van der Waals surface area contributed by atoms with Gasteiger partial charge in [0.2, 0.25) is 15.9 Å². The van der Waals surface area contributed by atoms with Crippen molar-refractivity contribution < 1.29 is 13.2 Å². The molecule has 0 heterocycles. The number of carbonyl (C=O) groups is 1. The summed E-state index contributed by atoms with van der Waals surface area (Å²) in [5, 5.41) is 11.6. The molecule has 2 rings (SSSR count). The number of carbonyl (C=O) groups excluding carboxylic acids is 1. The minimum Gasteiger partial charge on any atom is -0.350 e. The summed E-state index contributed by atoms with van der Waals surface area (Å²) in [6.07, 6.45) is 0.0325. The molecule has 0 bridgehead atoms. The van der Waals surface area contributed by atoms with E-state index in [1.165, 1.54) is 0 Å². The Kier molecular flexibility index (Phi) is 6.72. The first-order valence-corrected chi connectivity index (χ1v) is 10.1. The normalized spacial score (nSPS) is 12.2. The van der Waals surface area contributed by atoms with E-state index >= 15 is 0 Å². The quantitative estimate of drug-likeness (QED) is 0.765. The lowest BCUT2D eigenvalue weighted by Crippen LogP contribution is -2.32. The van der Waals surface area contributed by atoms with E-state index in [0.29, 0.717) is 11.1 Å². The molecule has 142 valence electrons. The highest BCUT2D eigenvalue weighted by molar-refractivity contribution is 7.89. The molecule has 0 aliphatic rings. The Morgan fingerprint density at radius 1 is 1.15 bits per heavy atom. The summed E-state index contributed by atoms with van der Waals surface area (Å²) in [5.41, 5.74) is 3.08. The van der Waals surface area contributed by atoms with Crippen molar-refractivity contribution in [3.05, 3.63) is 64.7 Å². The van der Waals surface area contributed by atoms with Crippen LogP contribution < -0.4 is 10.0 Å². The Hall–Kier alpha value is -2.69. The van der Waals surface area contributed by atoms with E-state index in [-0.39, 0.29) is 29.8 Å². The van der Waals surface area contributed by atoms with Crippen LogP contribution in [0.5, 0.6) is 0 Å². The van der Waals surface area contributed by atoms with Crippen molar-refractivity contribution in [2.45, 2.75) is 38.1 Å². The maximum absolute atomic E-state index is 12.4. The van der Waals surface area contributed by atoms with Crippen molar-refractivity contribution in [2.24, 2.45) is 0 Å². The van der Waals surface area contributed by atoms with Gasteiger partial charge in [-0.25, -0.2) is 13.1 Å². The topological polar surface area (TPSA) is 99.1 Å². The second kappa shape index (κ2) is 8.80. The molecule has 0 aliphatic heterocycles. The smallest absolute Gasteiger partial charge is 0.240 e. The molecule has 2 aromatic carbocycles. The molecule has 0 saturated carbocycles. The fourth-order valence-electron chi connectivity index (χ4n) is 2.72. The molecule has 2 aromatic rings. The molecule has 1 unspecified atom stereocenters. The van der Waals surface area contributed by atoms with Crippen LogP contribution in [0.3, 0.4) is 0 Å². The minimum atomic E-state index is -3.65. The maximum Gasteiger partial charge on any atom is 0.240 e. The molecule has 1 atom stereocenters. The summed E-state index contributed by atoms with van der Waals surface area (Å²) in [5.74, 6) is -0.254. The van der Waals surface area contributed by atoms with E-state index in [4.69, 9.17) is 5.26 Å². The van der Waals surface area contributed by atoms with Crippen LogP contribution in [0.15, 0.2) is 47.4 Å². The van der Waals surface area contributed by atoms with Crippen LogP contribution in [0, 0.1) is 25.2 Å². The highest BCUT2D eigenvalue weighted by Crippen LogP contribution is 2.16. The number of nitrogens with zero attached hydrogens (tertiary/aromatic N) is 1. The summed E-state index contributed by atoms with van der Waals surface area (Å²) < 4.78 is 27.2. The number of amides is 1.